The number of hydrogen-bond acceptors (Lipinski definition) is 2. The summed E-state index contributed by atoms with van der Waals surface area (Å²) < 4.78 is 0. The molecule has 1 aromatic carbocycles. The SMILES string of the molecule is Cc1ccccc1CN1CCC(=O)C1=O. The van der Waals surface area contributed by atoms with Crippen molar-refractivity contribution in [2.45, 2.75) is 19.9 Å². The fourth-order valence-electron chi connectivity index (χ4n) is 1.77. The molecule has 15 heavy (non-hydrogen) atoms. The van der Waals surface area contributed by atoms with Crippen LogP contribution in [0.15, 0.2) is 24.3 Å². The molecule has 0 aromatic heterocycles. The average Bonchev–Trinajstić information content (AvgIpc) is 2.53. The fourth-order valence-corrected chi connectivity index (χ4v) is 1.77. The maximum absolute atomic E-state index is 11.4. The first-order valence-corrected chi connectivity index (χ1v) is 5.05. The van der Waals surface area contributed by atoms with Gasteiger partial charge in [0.2, 0.25) is 5.78 Å². The van der Waals surface area contributed by atoms with Crippen LogP contribution in [0.1, 0.15) is 17.5 Å². The molecule has 1 heterocycles. The summed E-state index contributed by atoms with van der Waals surface area (Å²) in [6.45, 7) is 3.13. The molecule has 0 bridgehead atoms. The molecular formula is C12H13NO2. The normalized spacial score (nSPS) is 16.2. The van der Waals surface area contributed by atoms with Gasteiger partial charge in [0.1, 0.15) is 0 Å². The van der Waals surface area contributed by atoms with Crippen molar-refractivity contribution in [1.29, 1.82) is 0 Å². The second-order valence-electron chi connectivity index (χ2n) is 3.83. The van der Waals surface area contributed by atoms with Gasteiger partial charge in [-0.2, -0.15) is 0 Å². The highest BCUT2D eigenvalue weighted by Gasteiger charge is 2.28. The maximum Gasteiger partial charge on any atom is 0.290 e. The molecule has 0 saturated carbocycles. The largest absolute Gasteiger partial charge is 0.331 e. The van der Waals surface area contributed by atoms with Crippen LogP contribution < -0.4 is 0 Å². The number of likely N-dealkylation sites (tertiary alicyclic amines) is 1. The Bertz CT molecular complexity index is 412. The lowest BCUT2D eigenvalue weighted by Gasteiger charge is -2.15. The van der Waals surface area contributed by atoms with Gasteiger partial charge in [0.05, 0.1) is 0 Å². The van der Waals surface area contributed by atoms with Gasteiger partial charge in [-0.1, -0.05) is 24.3 Å². The van der Waals surface area contributed by atoms with Gasteiger partial charge in [0.15, 0.2) is 0 Å². The Morgan fingerprint density at radius 2 is 2.00 bits per heavy atom. The van der Waals surface area contributed by atoms with Crippen LogP contribution in [0, 0.1) is 6.92 Å². The van der Waals surface area contributed by atoms with E-state index >= 15 is 0 Å². The van der Waals surface area contributed by atoms with E-state index in [-0.39, 0.29) is 11.7 Å². The summed E-state index contributed by atoms with van der Waals surface area (Å²) in [5.74, 6) is -0.596. The molecule has 1 saturated heterocycles. The van der Waals surface area contributed by atoms with Crippen LogP contribution in [0.25, 0.3) is 0 Å². The third-order valence-electron chi connectivity index (χ3n) is 2.76. The molecule has 1 amide bonds. The van der Waals surface area contributed by atoms with Crippen molar-refractivity contribution >= 4 is 11.7 Å². The van der Waals surface area contributed by atoms with Gasteiger partial charge < -0.3 is 4.90 Å². The Hall–Kier alpha value is -1.64. The van der Waals surface area contributed by atoms with E-state index in [0.29, 0.717) is 19.5 Å². The number of carbonyl (C=O) groups is 2. The predicted molar refractivity (Wildman–Crippen MR) is 56.2 cm³/mol. The number of nitrogens with zero attached hydrogens (tertiary/aromatic N) is 1. The van der Waals surface area contributed by atoms with E-state index in [4.69, 9.17) is 0 Å². The molecule has 3 heteroatoms. The quantitative estimate of drug-likeness (QED) is 0.679. The third kappa shape index (κ3) is 1.91. The second kappa shape index (κ2) is 3.85. The molecule has 2 rings (SSSR count). The summed E-state index contributed by atoms with van der Waals surface area (Å²) in [6.07, 6.45) is 0.366. The predicted octanol–water partition coefficient (Wildman–Crippen LogP) is 1.30. The highest BCUT2D eigenvalue weighted by Crippen LogP contribution is 2.14. The lowest BCUT2D eigenvalue weighted by atomic mass is 10.1. The average molecular weight is 203 g/mol. The lowest BCUT2D eigenvalue weighted by molar-refractivity contribution is -0.140. The number of carbonyl (C=O) groups excluding carboxylic acids is 2. The van der Waals surface area contributed by atoms with Crippen LogP contribution >= 0.6 is 0 Å². The molecule has 0 unspecified atom stereocenters. The molecular weight excluding hydrogens is 190 g/mol. The van der Waals surface area contributed by atoms with Crippen molar-refractivity contribution in [1.82, 2.24) is 4.90 Å². The lowest BCUT2D eigenvalue weighted by Crippen LogP contribution is -2.27. The number of rotatable bonds is 2. The minimum Gasteiger partial charge on any atom is -0.331 e. The van der Waals surface area contributed by atoms with E-state index in [1.165, 1.54) is 0 Å². The summed E-state index contributed by atoms with van der Waals surface area (Å²) in [4.78, 5) is 24.1. The van der Waals surface area contributed by atoms with Crippen molar-refractivity contribution in [2.24, 2.45) is 0 Å². The van der Waals surface area contributed by atoms with Crippen LogP contribution in [-0.2, 0) is 16.1 Å². The Morgan fingerprint density at radius 3 is 2.60 bits per heavy atom. The summed E-state index contributed by atoms with van der Waals surface area (Å²) in [7, 11) is 0. The highest BCUT2D eigenvalue weighted by molar-refractivity contribution is 6.37. The van der Waals surface area contributed by atoms with Crippen LogP contribution in [0.4, 0.5) is 0 Å². The van der Waals surface area contributed by atoms with Gasteiger partial charge in [-0.15, -0.1) is 0 Å². The molecule has 0 spiro atoms. The minimum absolute atomic E-state index is 0.261. The Labute approximate surface area is 88.7 Å². The maximum atomic E-state index is 11.4. The zero-order valence-corrected chi connectivity index (χ0v) is 8.69. The Balaban J connectivity index is 2.13. The first-order valence-electron chi connectivity index (χ1n) is 5.05. The van der Waals surface area contributed by atoms with Crippen LogP contribution in [-0.4, -0.2) is 23.1 Å². The van der Waals surface area contributed by atoms with Gasteiger partial charge in [-0.05, 0) is 18.1 Å². The summed E-state index contributed by atoms with van der Waals surface area (Å²) in [5, 5.41) is 0. The Kier molecular flexibility index (Phi) is 2.54. The topological polar surface area (TPSA) is 37.4 Å². The van der Waals surface area contributed by atoms with E-state index in [9.17, 15) is 9.59 Å². The molecule has 0 atom stereocenters. The van der Waals surface area contributed by atoms with Crippen molar-refractivity contribution in [3.63, 3.8) is 0 Å². The number of Topliss-reactive ketones (excluding diaryl/α,β-unsaturated/α-hetero) is 1. The fraction of sp³-hybridized carbons (Fsp3) is 0.333. The number of amides is 1. The standard InChI is InChI=1S/C12H13NO2/c1-9-4-2-3-5-10(9)8-13-7-6-11(14)12(13)15/h2-5H,6-8H2,1H3. The van der Waals surface area contributed by atoms with Gasteiger partial charge in [-0.3, -0.25) is 9.59 Å². The van der Waals surface area contributed by atoms with E-state index in [1.807, 2.05) is 31.2 Å². The first kappa shape index (κ1) is 9.90. The van der Waals surface area contributed by atoms with Crippen molar-refractivity contribution < 1.29 is 9.59 Å². The smallest absolute Gasteiger partial charge is 0.290 e. The van der Waals surface area contributed by atoms with Crippen LogP contribution in [0.3, 0.4) is 0 Å². The molecule has 1 fully saturated rings. The van der Waals surface area contributed by atoms with Gasteiger partial charge in [-0.25, -0.2) is 0 Å². The highest BCUT2D eigenvalue weighted by atomic mass is 16.2. The van der Waals surface area contributed by atoms with E-state index in [2.05, 4.69) is 0 Å². The summed E-state index contributed by atoms with van der Waals surface area (Å²) in [5.41, 5.74) is 2.27. The number of hydrogen-bond donors (Lipinski definition) is 0. The summed E-state index contributed by atoms with van der Waals surface area (Å²) >= 11 is 0. The van der Waals surface area contributed by atoms with Crippen LogP contribution in [0.5, 0.6) is 0 Å². The number of benzene rings is 1. The Morgan fingerprint density at radius 1 is 1.27 bits per heavy atom. The van der Waals surface area contributed by atoms with E-state index in [0.717, 1.165) is 11.1 Å². The minimum atomic E-state index is -0.335. The molecule has 1 aliphatic rings. The second-order valence-corrected chi connectivity index (χ2v) is 3.83. The van der Waals surface area contributed by atoms with Crippen molar-refractivity contribution in [3.05, 3.63) is 35.4 Å². The van der Waals surface area contributed by atoms with E-state index < -0.39 is 0 Å². The zero-order valence-electron chi connectivity index (χ0n) is 8.69. The van der Waals surface area contributed by atoms with Crippen LogP contribution in [0.2, 0.25) is 0 Å². The molecule has 1 aromatic rings. The molecule has 1 aliphatic heterocycles. The molecule has 3 nitrogen and oxygen atoms in total. The molecule has 78 valence electrons. The molecule has 0 aliphatic carbocycles. The number of ketones is 1. The number of aryl methyl sites for hydroxylation is 1. The van der Waals surface area contributed by atoms with Gasteiger partial charge in [0, 0.05) is 19.5 Å². The zero-order chi connectivity index (χ0) is 10.8. The van der Waals surface area contributed by atoms with Gasteiger partial charge in [0.25, 0.3) is 5.91 Å². The van der Waals surface area contributed by atoms with E-state index in [1.54, 1.807) is 4.90 Å². The van der Waals surface area contributed by atoms with Gasteiger partial charge >= 0.3 is 0 Å². The molecule has 0 N–H and O–H groups in total. The van der Waals surface area contributed by atoms with Crippen molar-refractivity contribution in [3.8, 4) is 0 Å². The van der Waals surface area contributed by atoms with Crippen molar-refractivity contribution in [2.75, 3.05) is 6.54 Å². The third-order valence-corrected chi connectivity index (χ3v) is 2.76. The molecule has 0 radical (unpaired) electrons. The first-order chi connectivity index (χ1) is 7.18. The monoisotopic (exact) mass is 203 g/mol. The summed E-state index contributed by atoms with van der Waals surface area (Å²) in [6, 6.07) is 7.92.